The van der Waals surface area contributed by atoms with Crippen LogP contribution in [0, 0.1) is 5.92 Å². The van der Waals surface area contributed by atoms with Crippen LogP contribution in [-0.4, -0.2) is 6.04 Å². The van der Waals surface area contributed by atoms with Crippen LogP contribution in [0.25, 0.3) is 0 Å². The largest absolute Gasteiger partial charge is 0.327 e. The maximum atomic E-state index is 5.79. The first kappa shape index (κ1) is 8.79. The molecule has 11 heavy (non-hydrogen) atoms. The number of nitrogens with two attached hydrogens (primary N) is 1. The van der Waals surface area contributed by atoms with E-state index in [-0.39, 0.29) is 0 Å². The molecule has 0 bridgehead atoms. The zero-order valence-electron chi connectivity index (χ0n) is 7.64. The fourth-order valence-corrected chi connectivity index (χ4v) is 1.58. The fraction of sp³-hybridized carbons (Fsp3) is 0.800. The lowest BCUT2D eigenvalue weighted by Gasteiger charge is -2.21. The van der Waals surface area contributed by atoms with E-state index in [0.29, 0.717) is 6.04 Å². The maximum Gasteiger partial charge on any atom is 0.00765 e. The third-order valence-corrected chi connectivity index (χ3v) is 2.73. The predicted octanol–water partition coefficient (Wildman–Crippen LogP) is 2.47. The number of hydrogen-bond donors (Lipinski definition) is 1. The Labute approximate surface area is 69.7 Å². The molecule has 0 heterocycles. The quantitative estimate of drug-likeness (QED) is 0.606. The number of allylic oxidation sites excluding steroid dienone is 1. The van der Waals surface area contributed by atoms with Crippen LogP contribution in [0.1, 0.15) is 39.5 Å². The Morgan fingerprint density at radius 3 is 2.91 bits per heavy atom. The van der Waals surface area contributed by atoms with Crippen molar-refractivity contribution < 1.29 is 0 Å². The van der Waals surface area contributed by atoms with Crippen LogP contribution in [0.15, 0.2) is 11.6 Å². The van der Waals surface area contributed by atoms with Gasteiger partial charge in [0.25, 0.3) is 0 Å². The summed E-state index contributed by atoms with van der Waals surface area (Å²) in [5.74, 6) is 0.780. The van der Waals surface area contributed by atoms with Crippen LogP contribution < -0.4 is 5.73 Å². The topological polar surface area (TPSA) is 26.0 Å². The van der Waals surface area contributed by atoms with E-state index in [1.54, 1.807) is 5.57 Å². The highest BCUT2D eigenvalue weighted by Crippen LogP contribution is 2.25. The first-order valence-electron chi connectivity index (χ1n) is 4.68. The van der Waals surface area contributed by atoms with Gasteiger partial charge in [-0.1, -0.05) is 25.5 Å². The van der Waals surface area contributed by atoms with Crippen LogP contribution >= 0.6 is 0 Å². The number of hydrogen-bond acceptors (Lipinski definition) is 1. The second-order valence-electron chi connectivity index (χ2n) is 3.62. The molecule has 1 heteroatoms. The minimum Gasteiger partial charge on any atom is -0.327 e. The summed E-state index contributed by atoms with van der Waals surface area (Å²) >= 11 is 0. The van der Waals surface area contributed by atoms with Gasteiger partial charge in [0.15, 0.2) is 0 Å². The van der Waals surface area contributed by atoms with E-state index in [9.17, 15) is 0 Å². The Morgan fingerprint density at radius 2 is 2.45 bits per heavy atom. The first-order valence-corrected chi connectivity index (χ1v) is 4.68. The highest BCUT2D eigenvalue weighted by Gasteiger charge is 2.13. The third-order valence-electron chi connectivity index (χ3n) is 2.73. The molecule has 0 saturated heterocycles. The van der Waals surface area contributed by atoms with Crippen LogP contribution in [0.2, 0.25) is 0 Å². The predicted molar refractivity (Wildman–Crippen MR) is 49.4 cm³/mol. The van der Waals surface area contributed by atoms with Gasteiger partial charge < -0.3 is 5.73 Å². The molecule has 1 aliphatic carbocycles. The zero-order valence-corrected chi connectivity index (χ0v) is 7.64. The summed E-state index contributed by atoms with van der Waals surface area (Å²) in [6.45, 7) is 4.56. The minimum absolute atomic E-state index is 0.433. The minimum atomic E-state index is 0.433. The van der Waals surface area contributed by atoms with E-state index in [4.69, 9.17) is 5.73 Å². The molecule has 0 aliphatic heterocycles. The van der Waals surface area contributed by atoms with Gasteiger partial charge in [-0.15, -0.1) is 0 Å². The zero-order chi connectivity index (χ0) is 8.27. The molecule has 0 saturated carbocycles. The summed E-state index contributed by atoms with van der Waals surface area (Å²) in [5.41, 5.74) is 7.43. The molecule has 0 aromatic rings. The van der Waals surface area contributed by atoms with E-state index >= 15 is 0 Å². The van der Waals surface area contributed by atoms with Crippen LogP contribution in [-0.2, 0) is 0 Å². The van der Waals surface area contributed by atoms with Crippen LogP contribution in [0.5, 0.6) is 0 Å². The molecule has 0 aromatic heterocycles. The molecule has 2 N–H and O–H groups in total. The van der Waals surface area contributed by atoms with Gasteiger partial charge in [0, 0.05) is 6.04 Å². The highest BCUT2D eigenvalue weighted by molar-refractivity contribution is 5.10. The monoisotopic (exact) mass is 153 g/mol. The summed E-state index contributed by atoms with van der Waals surface area (Å²) in [4.78, 5) is 0. The van der Waals surface area contributed by atoms with Crippen molar-refractivity contribution in [1.29, 1.82) is 0 Å². The van der Waals surface area contributed by atoms with E-state index in [0.717, 1.165) is 12.3 Å². The Morgan fingerprint density at radius 1 is 1.73 bits per heavy atom. The normalized spacial score (nSPS) is 27.9. The van der Waals surface area contributed by atoms with Gasteiger partial charge >= 0.3 is 0 Å². The highest BCUT2D eigenvalue weighted by atomic mass is 14.6. The van der Waals surface area contributed by atoms with Gasteiger partial charge in [-0.2, -0.15) is 0 Å². The SMILES string of the molecule is CCC(C)C1=CCC(N)CC1. The fourth-order valence-electron chi connectivity index (χ4n) is 1.58. The van der Waals surface area contributed by atoms with Crippen molar-refractivity contribution in [3.05, 3.63) is 11.6 Å². The smallest absolute Gasteiger partial charge is 0.00765 e. The molecule has 2 unspecified atom stereocenters. The lowest BCUT2D eigenvalue weighted by molar-refractivity contribution is 0.529. The molecule has 0 amide bonds. The first-order chi connectivity index (χ1) is 5.24. The van der Waals surface area contributed by atoms with E-state index in [1.807, 2.05) is 0 Å². The molecule has 1 rings (SSSR count). The lowest BCUT2D eigenvalue weighted by atomic mass is 9.87. The molecule has 2 atom stereocenters. The Hall–Kier alpha value is -0.300. The van der Waals surface area contributed by atoms with Gasteiger partial charge in [0.1, 0.15) is 0 Å². The van der Waals surface area contributed by atoms with Crippen LogP contribution in [0.4, 0.5) is 0 Å². The summed E-state index contributed by atoms with van der Waals surface area (Å²) in [5, 5.41) is 0. The molecule has 64 valence electrons. The average Bonchev–Trinajstić information content (AvgIpc) is 2.05. The van der Waals surface area contributed by atoms with Crippen molar-refractivity contribution in [2.75, 3.05) is 0 Å². The molecule has 0 aromatic carbocycles. The van der Waals surface area contributed by atoms with Crippen molar-refractivity contribution >= 4 is 0 Å². The molecular formula is C10H19N. The standard InChI is InChI=1S/C10H19N/c1-3-8(2)9-4-6-10(11)7-5-9/h4,8,10H,3,5-7,11H2,1-2H3. The maximum absolute atomic E-state index is 5.79. The molecule has 1 nitrogen and oxygen atoms in total. The van der Waals surface area contributed by atoms with Crippen LogP contribution in [0.3, 0.4) is 0 Å². The van der Waals surface area contributed by atoms with Gasteiger partial charge in [-0.05, 0) is 31.6 Å². The molecule has 0 fully saturated rings. The summed E-state index contributed by atoms with van der Waals surface area (Å²) in [7, 11) is 0. The van der Waals surface area contributed by atoms with Gasteiger partial charge in [-0.3, -0.25) is 0 Å². The summed E-state index contributed by atoms with van der Waals surface area (Å²) < 4.78 is 0. The van der Waals surface area contributed by atoms with Crippen molar-refractivity contribution in [2.24, 2.45) is 11.7 Å². The van der Waals surface area contributed by atoms with Crippen molar-refractivity contribution in [1.82, 2.24) is 0 Å². The van der Waals surface area contributed by atoms with Crippen molar-refractivity contribution in [2.45, 2.75) is 45.6 Å². The summed E-state index contributed by atoms with van der Waals surface area (Å²) in [6, 6.07) is 0.433. The van der Waals surface area contributed by atoms with Gasteiger partial charge in [0.2, 0.25) is 0 Å². The Balaban J connectivity index is 2.47. The van der Waals surface area contributed by atoms with Crippen molar-refractivity contribution in [3.63, 3.8) is 0 Å². The van der Waals surface area contributed by atoms with E-state index < -0.39 is 0 Å². The second-order valence-corrected chi connectivity index (χ2v) is 3.62. The van der Waals surface area contributed by atoms with Crippen molar-refractivity contribution in [3.8, 4) is 0 Å². The number of rotatable bonds is 2. The Kier molecular flexibility index (Phi) is 3.13. The molecule has 0 spiro atoms. The lowest BCUT2D eigenvalue weighted by Crippen LogP contribution is -2.22. The average molecular weight is 153 g/mol. The van der Waals surface area contributed by atoms with E-state index in [2.05, 4.69) is 19.9 Å². The Bertz CT molecular complexity index is 149. The third kappa shape index (κ3) is 2.33. The molecule has 1 aliphatic rings. The molecular weight excluding hydrogens is 134 g/mol. The molecule has 0 radical (unpaired) electrons. The summed E-state index contributed by atoms with van der Waals surface area (Å²) in [6.07, 6.45) is 7.13. The van der Waals surface area contributed by atoms with E-state index in [1.165, 1.54) is 19.3 Å². The van der Waals surface area contributed by atoms with Gasteiger partial charge in [-0.25, -0.2) is 0 Å². The second kappa shape index (κ2) is 3.91. The van der Waals surface area contributed by atoms with Gasteiger partial charge in [0.05, 0.1) is 0 Å².